The fourth-order valence-corrected chi connectivity index (χ4v) is 1.26. The molecular formula is C9H7N3O. The van der Waals surface area contributed by atoms with Crippen molar-refractivity contribution in [3.05, 3.63) is 46.5 Å². The van der Waals surface area contributed by atoms with Gasteiger partial charge >= 0.3 is 0 Å². The van der Waals surface area contributed by atoms with Crippen LogP contribution in [0.3, 0.4) is 0 Å². The Morgan fingerprint density at radius 3 is 3.08 bits per heavy atom. The first-order valence-corrected chi connectivity index (χ1v) is 3.88. The predicted octanol–water partition coefficient (Wildman–Crippen LogP) is 3.24. The van der Waals surface area contributed by atoms with Gasteiger partial charge in [-0.3, -0.25) is 0 Å². The van der Waals surface area contributed by atoms with Crippen LogP contribution in [0.2, 0.25) is 0 Å². The second-order valence-corrected chi connectivity index (χ2v) is 2.65. The lowest BCUT2D eigenvalue weighted by molar-refractivity contribution is 0.610. The summed E-state index contributed by atoms with van der Waals surface area (Å²) in [7, 11) is 0. The van der Waals surface area contributed by atoms with Gasteiger partial charge in [0.2, 0.25) is 0 Å². The molecule has 0 N–H and O–H groups in total. The highest BCUT2D eigenvalue weighted by Crippen LogP contribution is 2.20. The Labute approximate surface area is 74.4 Å². The van der Waals surface area contributed by atoms with E-state index in [4.69, 9.17) is 9.95 Å². The Balaban J connectivity index is 2.51. The normalized spacial score (nSPS) is 9.85. The van der Waals surface area contributed by atoms with Gasteiger partial charge in [0.1, 0.15) is 5.58 Å². The molecule has 4 nitrogen and oxygen atoms in total. The molecule has 4 heteroatoms. The average Bonchev–Trinajstić information content (AvgIpc) is 2.58. The molecule has 0 aliphatic rings. The molecule has 13 heavy (non-hydrogen) atoms. The molecule has 0 aliphatic heterocycles. The van der Waals surface area contributed by atoms with Crippen molar-refractivity contribution < 1.29 is 4.42 Å². The third-order valence-electron chi connectivity index (χ3n) is 1.87. The molecule has 64 valence electrons. The highest BCUT2D eigenvalue weighted by atomic mass is 16.3. The number of hydrogen-bond donors (Lipinski definition) is 0. The molecule has 1 aromatic heterocycles. The zero-order valence-electron chi connectivity index (χ0n) is 6.84. The second-order valence-electron chi connectivity index (χ2n) is 2.65. The minimum atomic E-state index is 0.341. The Hall–Kier alpha value is -1.93. The van der Waals surface area contributed by atoms with Crippen LogP contribution in [0, 0.1) is 0 Å². The zero-order valence-corrected chi connectivity index (χ0v) is 6.84. The molecule has 0 spiro atoms. The maximum Gasteiger partial charge on any atom is 0.134 e. The lowest BCUT2D eigenvalue weighted by Crippen LogP contribution is -1.74. The van der Waals surface area contributed by atoms with E-state index in [1.54, 1.807) is 6.26 Å². The standard InChI is InChI=1S/C9H7N3O/c10-12-11-5-7-6-13-9-4-2-1-3-8(7)9/h1-4,6H,5H2. The van der Waals surface area contributed by atoms with Crippen molar-refractivity contribution in [2.45, 2.75) is 6.54 Å². The molecule has 1 aromatic carbocycles. The van der Waals surface area contributed by atoms with Crippen molar-refractivity contribution in [2.75, 3.05) is 0 Å². The Bertz CT molecular complexity index is 468. The van der Waals surface area contributed by atoms with E-state index in [-0.39, 0.29) is 0 Å². The molecule has 1 heterocycles. The summed E-state index contributed by atoms with van der Waals surface area (Å²) in [6, 6.07) is 7.66. The van der Waals surface area contributed by atoms with Crippen LogP contribution in [0.15, 0.2) is 40.1 Å². The fourth-order valence-electron chi connectivity index (χ4n) is 1.26. The fraction of sp³-hybridized carbons (Fsp3) is 0.111. The molecule has 2 rings (SSSR count). The molecule has 0 aliphatic carbocycles. The van der Waals surface area contributed by atoms with Crippen LogP contribution in [0.5, 0.6) is 0 Å². The van der Waals surface area contributed by atoms with E-state index in [2.05, 4.69) is 10.0 Å². The number of furan rings is 1. The number of hydrogen-bond acceptors (Lipinski definition) is 2. The highest BCUT2D eigenvalue weighted by molar-refractivity contribution is 5.80. The quantitative estimate of drug-likeness (QED) is 0.390. The summed E-state index contributed by atoms with van der Waals surface area (Å²) in [4.78, 5) is 2.70. The van der Waals surface area contributed by atoms with E-state index in [9.17, 15) is 0 Å². The van der Waals surface area contributed by atoms with Gasteiger partial charge in [0.05, 0.1) is 12.8 Å². The Morgan fingerprint density at radius 2 is 2.23 bits per heavy atom. The first-order valence-electron chi connectivity index (χ1n) is 3.88. The number of nitrogens with zero attached hydrogens (tertiary/aromatic N) is 3. The molecule has 0 amide bonds. The number of rotatable bonds is 2. The molecule has 0 unspecified atom stereocenters. The van der Waals surface area contributed by atoms with Crippen LogP contribution >= 0.6 is 0 Å². The van der Waals surface area contributed by atoms with Gasteiger partial charge in [-0.15, -0.1) is 0 Å². The van der Waals surface area contributed by atoms with Gasteiger partial charge in [-0.05, 0) is 11.6 Å². The molecule has 0 bridgehead atoms. The Morgan fingerprint density at radius 1 is 1.38 bits per heavy atom. The lowest BCUT2D eigenvalue weighted by Gasteiger charge is -1.88. The van der Waals surface area contributed by atoms with Gasteiger partial charge in [0, 0.05) is 15.9 Å². The van der Waals surface area contributed by atoms with Crippen molar-refractivity contribution in [3.63, 3.8) is 0 Å². The summed E-state index contributed by atoms with van der Waals surface area (Å²) in [6.45, 7) is 0.341. The summed E-state index contributed by atoms with van der Waals surface area (Å²) in [5, 5.41) is 4.49. The van der Waals surface area contributed by atoms with Crippen LogP contribution < -0.4 is 0 Å². The monoisotopic (exact) mass is 173 g/mol. The SMILES string of the molecule is [N-]=[N+]=NCc1coc2ccccc12. The van der Waals surface area contributed by atoms with Gasteiger partial charge in [-0.1, -0.05) is 23.3 Å². The molecule has 0 saturated carbocycles. The van der Waals surface area contributed by atoms with Gasteiger partial charge in [0.15, 0.2) is 0 Å². The number of para-hydroxylation sites is 1. The average molecular weight is 173 g/mol. The summed E-state index contributed by atoms with van der Waals surface area (Å²) >= 11 is 0. The van der Waals surface area contributed by atoms with Crippen molar-refractivity contribution in [1.29, 1.82) is 0 Å². The summed E-state index contributed by atoms with van der Waals surface area (Å²) in [5.74, 6) is 0. The summed E-state index contributed by atoms with van der Waals surface area (Å²) in [5.41, 5.74) is 9.91. The van der Waals surface area contributed by atoms with E-state index in [1.807, 2.05) is 24.3 Å². The van der Waals surface area contributed by atoms with Crippen LogP contribution in [0.1, 0.15) is 5.56 Å². The molecule has 0 saturated heterocycles. The van der Waals surface area contributed by atoms with Crippen LogP contribution in [0.4, 0.5) is 0 Å². The zero-order chi connectivity index (χ0) is 9.10. The van der Waals surface area contributed by atoms with Gasteiger partial charge in [0.25, 0.3) is 0 Å². The second kappa shape index (κ2) is 3.21. The first-order chi connectivity index (χ1) is 6.42. The molecule has 0 fully saturated rings. The van der Waals surface area contributed by atoms with E-state index in [0.29, 0.717) is 6.54 Å². The van der Waals surface area contributed by atoms with Gasteiger partial charge in [-0.25, -0.2) is 0 Å². The Kier molecular flexibility index (Phi) is 1.90. The third kappa shape index (κ3) is 1.35. The number of azide groups is 1. The topological polar surface area (TPSA) is 61.9 Å². The van der Waals surface area contributed by atoms with E-state index < -0.39 is 0 Å². The summed E-state index contributed by atoms with van der Waals surface area (Å²) < 4.78 is 5.26. The lowest BCUT2D eigenvalue weighted by atomic mass is 10.2. The largest absolute Gasteiger partial charge is 0.464 e. The molecular weight excluding hydrogens is 166 g/mol. The summed E-state index contributed by atoms with van der Waals surface area (Å²) in [6.07, 6.45) is 1.62. The number of fused-ring (bicyclic) bond motifs is 1. The van der Waals surface area contributed by atoms with E-state index in [1.165, 1.54) is 0 Å². The van der Waals surface area contributed by atoms with Gasteiger partial charge < -0.3 is 4.42 Å². The van der Waals surface area contributed by atoms with Crippen LogP contribution in [0.25, 0.3) is 21.4 Å². The van der Waals surface area contributed by atoms with Crippen molar-refractivity contribution in [2.24, 2.45) is 5.11 Å². The van der Waals surface area contributed by atoms with Crippen LogP contribution in [-0.2, 0) is 6.54 Å². The van der Waals surface area contributed by atoms with E-state index >= 15 is 0 Å². The minimum absolute atomic E-state index is 0.341. The van der Waals surface area contributed by atoms with Crippen molar-refractivity contribution in [3.8, 4) is 0 Å². The van der Waals surface area contributed by atoms with Crippen LogP contribution in [-0.4, -0.2) is 0 Å². The highest BCUT2D eigenvalue weighted by Gasteiger charge is 2.02. The minimum Gasteiger partial charge on any atom is -0.464 e. The smallest absolute Gasteiger partial charge is 0.134 e. The third-order valence-corrected chi connectivity index (χ3v) is 1.87. The molecule has 2 aromatic rings. The molecule has 0 radical (unpaired) electrons. The first kappa shape index (κ1) is 7.71. The maximum absolute atomic E-state index is 8.16. The van der Waals surface area contributed by atoms with Gasteiger partial charge in [-0.2, -0.15) is 0 Å². The van der Waals surface area contributed by atoms with E-state index in [0.717, 1.165) is 16.5 Å². The van der Waals surface area contributed by atoms with Crippen molar-refractivity contribution in [1.82, 2.24) is 0 Å². The van der Waals surface area contributed by atoms with Crippen molar-refractivity contribution >= 4 is 11.0 Å². The predicted molar refractivity (Wildman–Crippen MR) is 49.1 cm³/mol. The molecule has 0 atom stereocenters. The number of benzene rings is 1. The maximum atomic E-state index is 8.16.